The van der Waals surface area contributed by atoms with Crippen molar-refractivity contribution >= 4 is 23.9 Å². The molecule has 112 valence electrons. The van der Waals surface area contributed by atoms with E-state index in [1.54, 1.807) is 0 Å². The van der Waals surface area contributed by atoms with Gasteiger partial charge in [0.1, 0.15) is 0 Å². The molecule has 0 rings (SSSR count). The fourth-order valence-corrected chi connectivity index (χ4v) is 0.588. The molecular weight excluding hydrogens is 338 g/mol. The smallest absolute Gasteiger partial charge is 0.550 e. The number of ether oxygens (including phenoxy) is 2. The molecule has 0 aliphatic heterocycles. The van der Waals surface area contributed by atoms with Crippen LogP contribution in [0.2, 0.25) is 0 Å². The summed E-state index contributed by atoms with van der Waals surface area (Å²) in [5, 5.41) is 19.5. The second-order valence-electron chi connectivity index (χ2n) is 2.99. The van der Waals surface area contributed by atoms with Gasteiger partial charge >= 0.3 is 31.4 Å². The van der Waals surface area contributed by atoms with Gasteiger partial charge in [-0.3, -0.25) is 0 Å². The number of carbonyl (C=O) groups excluding carboxylic acids is 4. The Hall–Kier alpha value is -2.02. The van der Waals surface area contributed by atoms with E-state index in [-0.39, 0.29) is 45.5 Å². The Morgan fingerprint density at radius 2 is 1.10 bits per heavy atom. The first kappa shape index (κ1) is 24.0. The summed E-state index contributed by atoms with van der Waals surface area (Å²) in [4.78, 5) is 40.0. The zero-order valence-corrected chi connectivity index (χ0v) is 14.3. The van der Waals surface area contributed by atoms with Crippen LogP contribution in [0, 0.1) is 0 Å². The van der Waals surface area contributed by atoms with E-state index in [2.05, 4.69) is 22.6 Å². The van der Waals surface area contributed by atoms with Crippen molar-refractivity contribution in [3.8, 4) is 0 Å². The standard InChI is InChI=1S/2C6H8O4.Zn/c2*1-2-6(9)10-4-3-5(7)8;/h2*2H,1,3-4H2,(H,7,8);/q;;+2/p-2. The SMILES string of the molecule is C=CC(=O)OCCC(=O)[O-].C=CC(=O)OCCC(=O)[O-].[Zn+2]. The van der Waals surface area contributed by atoms with E-state index < -0.39 is 23.9 Å². The molecule has 0 spiro atoms. The quantitative estimate of drug-likeness (QED) is 0.271. The van der Waals surface area contributed by atoms with Gasteiger partial charge in [-0.2, -0.15) is 0 Å². The summed E-state index contributed by atoms with van der Waals surface area (Å²) < 4.78 is 8.65. The largest absolute Gasteiger partial charge is 2.00 e. The molecule has 0 unspecified atom stereocenters. The van der Waals surface area contributed by atoms with Gasteiger partial charge in [-0.05, 0) is 0 Å². The molecule has 0 fully saturated rings. The van der Waals surface area contributed by atoms with Gasteiger partial charge in [0.15, 0.2) is 0 Å². The Bertz CT molecular complexity index is 341. The minimum absolute atomic E-state index is 0. The fraction of sp³-hybridized carbons (Fsp3) is 0.333. The molecule has 0 aromatic carbocycles. The second-order valence-corrected chi connectivity index (χ2v) is 2.99. The number of aliphatic carboxylic acids is 2. The molecule has 9 heteroatoms. The monoisotopic (exact) mass is 350 g/mol. The molecule has 0 aliphatic rings. The summed E-state index contributed by atoms with van der Waals surface area (Å²) in [6.07, 6.45) is 1.38. The molecule has 8 nitrogen and oxygen atoms in total. The molecule has 0 aliphatic carbocycles. The molecule has 21 heavy (non-hydrogen) atoms. The predicted molar refractivity (Wildman–Crippen MR) is 61.6 cm³/mol. The van der Waals surface area contributed by atoms with Crippen molar-refractivity contribution in [2.24, 2.45) is 0 Å². The zero-order chi connectivity index (χ0) is 16.0. The molecule has 0 saturated heterocycles. The Balaban J connectivity index is -0.000000295. The van der Waals surface area contributed by atoms with Crippen LogP contribution in [0.25, 0.3) is 0 Å². The van der Waals surface area contributed by atoms with Crippen LogP contribution in [0.15, 0.2) is 25.3 Å². The number of hydrogen-bond donors (Lipinski definition) is 0. The van der Waals surface area contributed by atoms with E-state index in [0.717, 1.165) is 12.2 Å². The molecule has 0 bridgehead atoms. The molecular formula is C12H14O8Zn. The van der Waals surface area contributed by atoms with Crippen molar-refractivity contribution in [2.75, 3.05) is 13.2 Å². The molecule has 0 N–H and O–H groups in total. The zero-order valence-electron chi connectivity index (χ0n) is 11.4. The van der Waals surface area contributed by atoms with Gasteiger partial charge in [0.05, 0.1) is 13.2 Å². The van der Waals surface area contributed by atoms with Gasteiger partial charge < -0.3 is 29.3 Å². The first-order chi connectivity index (χ1) is 9.33. The van der Waals surface area contributed by atoms with Crippen LogP contribution in [0.1, 0.15) is 12.8 Å². The average molecular weight is 352 g/mol. The van der Waals surface area contributed by atoms with Gasteiger partial charge in [-0.15, -0.1) is 0 Å². The molecule has 0 aromatic rings. The van der Waals surface area contributed by atoms with Gasteiger partial charge in [0.25, 0.3) is 0 Å². The molecule has 0 heterocycles. The van der Waals surface area contributed by atoms with Crippen LogP contribution in [0.3, 0.4) is 0 Å². The minimum atomic E-state index is -1.24. The van der Waals surface area contributed by atoms with Gasteiger partial charge in [0.2, 0.25) is 0 Å². The number of hydrogen-bond acceptors (Lipinski definition) is 8. The topological polar surface area (TPSA) is 133 Å². The summed E-state index contributed by atoms with van der Waals surface area (Å²) in [5.74, 6) is -3.73. The number of carboxylic acid groups (broad SMARTS) is 2. The van der Waals surface area contributed by atoms with E-state index in [0.29, 0.717) is 0 Å². The predicted octanol–water partition coefficient (Wildman–Crippen LogP) is -2.29. The van der Waals surface area contributed by atoms with Crippen molar-refractivity contribution in [3.63, 3.8) is 0 Å². The third-order valence-electron chi connectivity index (χ3n) is 1.43. The minimum Gasteiger partial charge on any atom is -0.550 e. The average Bonchev–Trinajstić information content (AvgIpc) is 2.38. The molecule has 0 aromatic heterocycles. The summed E-state index contributed by atoms with van der Waals surface area (Å²) in [6, 6.07) is 0. The van der Waals surface area contributed by atoms with Crippen molar-refractivity contribution in [1.29, 1.82) is 0 Å². The van der Waals surface area contributed by atoms with Gasteiger partial charge in [-0.1, -0.05) is 13.2 Å². The molecule has 0 saturated carbocycles. The van der Waals surface area contributed by atoms with Crippen LogP contribution < -0.4 is 10.2 Å². The van der Waals surface area contributed by atoms with E-state index in [1.165, 1.54) is 0 Å². The van der Waals surface area contributed by atoms with Crippen LogP contribution in [0.4, 0.5) is 0 Å². The molecule has 0 radical (unpaired) electrons. The van der Waals surface area contributed by atoms with Crippen LogP contribution in [0.5, 0.6) is 0 Å². The van der Waals surface area contributed by atoms with Crippen molar-refractivity contribution < 1.29 is 58.3 Å². The molecule has 0 amide bonds. The van der Waals surface area contributed by atoms with Gasteiger partial charge in [0, 0.05) is 36.9 Å². The van der Waals surface area contributed by atoms with E-state index in [4.69, 9.17) is 0 Å². The van der Waals surface area contributed by atoms with Crippen molar-refractivity contribution in [1.82, 2.24) is 0 Å². The summed E-state index contributed by atoms with van der Waals surface area (Å²) in [7, 11) is 0. The summed E-state index contributed by atoms with van der Waals surface area (Å²) in [6.45, 7) is 5.92. The maximum Gasteiger partial charge on any atom is 2.00 e. The van der Waals surface area contributed by atoms with Crippen LogP contribution in [-0.2, 0) is 48.1 Å². The third kappa shape index (κ3) is 23.5. The number of esters is 2. The Kier molecular flexibility index (Phi) is 18.4. The van der Waals surface area contributed by atoms with E-state index in [1.807, 2.05) is 0 Å². The number of carboxylic acids is 2. The number of rotatable bonds is 8. The molecule has 0 atom stereocenters. The first-order valence-electron chi connectivity index (χ1n) is 5.31. The fourth-order valence-electron chi connectivity index (χ4n) is 0.588. The second kappa shape index (κ2) is 16.0. The van der Waals surface area contributed by atoms with Gasteiger partial charge in [-0.25, -0.2) is 9.59 Å². The van der Waals surface area contributed by atoms with E-state index >= 15 is 0 Å². The Morgan fingerprint density at radius 1 is 0.810 bits per heavy atom. The van der Waals surface area contributed by atoms with E-state index in [9.17, 15) is 29.4 Å². The Morgan fingerprint density at radius 3 is 1.29 bits per heavy atom. The summed E-state index contributed by atoms with van der Waals surface area (Å²) in [5.41, 5.74) is 0. The summed E-state index contributed by atoms with van der Waals surface area (Å²) >= 11 is 0. The normalized spacial score (nSPS) is 8.00. The van der Waals surface area contributed by atoms with Crippen molar-refractivity contribution in [2.45, 2.75) is 12.8 Å². The van der Waals surface area contributed by atoms with Crippen LogP contribution in [-0.4, -0.2) is 37.1 Å². The maximum atomic E-state index is 10.2. The first-order valence-corrected chi connectivity index (χ1v) is 5.31. The Labute approximate surface area is 134 Å². The van der Waals surface area contributed by atoms with Crippen molar-refractivity contribution in [3.05, 3.63) is 25.3 Å². The maximum absolute atomic E-state index is 10.2. The third-order valence-corrected chi connectivity index (χ3v) is 1.43. The number of carbonyl (C=O) groups is 4. The van der Waals surface area contributed by atoms with Crippen LogP contribution >= 0.6 is 0 Å².